The van der Waals surface area contributed by atoms with Gasteiger partial charge in [0, 0.05) is 11.6 Å². The minimum Gasteiger partial charge on any atom is -0.493 e. The minimum atomic E-state index is -0.486. The first-order valence-corrected chi connectivity index (χ1v) is 9.87. The van der Waals surface area contributed by atoms with Gasteiger partial charge in [-0.2, -0.15) is 0 Å². The van der Waals surface area contributed by atoms with Crippen LogP contribution in [0.4, 0.5) is 0 Å². The van der Waals surface area contributed by atoms with E-state index >= 15 is 0 Å². The molecule has 4 aromatic rings. The van der Waals surface area contributed by atoms with Crippen molar-refractivity contribution < 1.29 is 23.7 Å². The Kier molecular flexibility index (Phi) is 6.07. The van der Waals surface area contributed by atoms with E-state index in [0.29, 0.717) is 28.5 Å². The van der Waals surface area contributed by atoms with Crippen LogP contribution in [-0.2, 0) is 0 Å². The second-order valence-corrected chi connectivity index (χ2v) is 6.78. The summed E-state index contributed by atoms with van der Waals surface area (Å²) in [4.78, 5) is 12.6. The van der Waals surface area contributed by atoms with Crippen molar-refractivity contribution in [2.45, 2.75) is 0 Å². The fourth-order valence-corrected chi connectivity index (χ4v) is 3.34. The van der Waals surface area contributed by atoms with Crippen LogP contribution in [0.25, 0.3) is 16.9 Å². The zero-order valence-electron chi connectivity index (χ0n) is 17.9. The largest absolute Gasteiger partial charge is 0.493 e. The van der Waals surface area contributed by atoms with Crippen LogP contribution in [0, 0.1) is 0 Å². The van der Waals surface area contributed by atoms with Gasteiger partial charge >= 0.3 is 5.97 Å². The van der Waals surface area contributed by atoms with Crippen molar-refractivity contribution >= 4 is 5.97 Å². The van der Waals surface area contributed by atoms with E-state index in [9.17, 15) is 4.79 Å². The summed E-state index contributed by atoms with van der Waals surface area (Å²) in [5.41, 5.74) is 2.68. The number of carbonyl (C=O) groups excluding carboxylic acids is 1. The summed E-state index contributed by atoms with van der Waals surface area (Å²) in [5.74, 6) is 1.18. The molecule has 1 heterocycles. The highest BCUT2D eigenvalue weighted by atomic mass is 16.5. The first kappa shape index (κ1) is 21.0. The lowest BCUT2D eigenvalue weighted by Crippen LogP contribution is -2.09. The van der Waals surface area contributed by atoms with Crippen LogP contribution in [0.1, 0.15) is 10.4 Å². The summed E-state index contributed by atoms with van der Waals surface area (Å²) in [7, 11) is 4.67. The maximum Gasteiger partial charge on any atom is 0.344 e. The lowest BCUT2D eigenvalue weighted by Gasteiger charge is -2.14. The van der Waals surface area contributed by atoms with Crippen molar-refractivity contribution in [2.75, 3.05) is 21.3 Å². The molecule has 0 spiro atoms. The number of benzene rings is 3. The number of carbonyl (C=O) groups is 1. The molecule has 0 amide bonds. The number of ether oxygens (including phenoxy) is 4. The van der Waals surface area contributed by atoms with E-state index in [2.05, 4.69) is 5.10 Å². The summed E-state index contributed by atoms with van der Waals surface area (Å²) in [6, 6.07) is 23.7. The third kappa shape index (κ3) is 4.13. The molecule has 162 valence electrons. The molecule has 0 aliphatic heterocycles. The lowest BCUT2D eigenvalue weighted by molar-refractivity contribution is 0.0727. The number of aromatic nitrogens is 2. The monoisotopic (exact) mass is 430 g/mol. The molecule has 0 aliphatic carbocycles. The second kappa shape index (κ2) is 9.26. The minimum absolute atomic E-state index is 0.173. The summed E-state index contributed by atoms with van der Waals surface area (Å²) < 4.78 is 23.7. The number of hydrogen-bond donors (Lipinski definition) is 0. The van der Waals surface area contributed by atoms with Crippen LogP contribution in [0.2, 0.25) is 0 Å². The molecule has 0 unspecified atom stereocenters. The van der Waals surface area contributed by atoms with Gasteiger partial charge in [-0.3, -0.25) is 0 Å². The van der Waals surface area contributed by atoms with Gasteiger partial charge < -0.3 is 18.9 Å². The molecule has 4 rings (SSSR count). The van der Waals surface area contributed by atoms with E-state index in [-0.39, 0.29) is 5.88 Å². The Hall–Kier alpha value is -4.26. The maximum atomic E-state index is 12.6. The summed E-state index contributed by atoms with van der Waals surface area (Å²) in [5, 5.41) is 4.54. The van der Waals surface area contributed by atoms with Gasteiger partial charge in [0.1, 0.15) is 0 Å². The van der Waals surface area contributed by atoms with Crippen molar-refractivity contribution in [3.05, 3.63) is 84.4 Å². The SMILES string of the molecule is COc1cc(-c2cc(OC(=O)c3ccccc3)nn2-c2ccccc2)cc(OC)c1OC. The Morgan fingerprint density at radius 3 is 1.94 bits per heavy atom. The van der Waals surface area contributed by atoms with E-state index in [1.165, 1.54) is 0 Å². The maximum absolute atomic E-state index is 12.6. The smallest absolute Gasteiger partial charge is 0.344 e. The van der Waals surface area contributed by atoms with Crippen LogP contribution in [0.5, 0.6) is 23.1 Å². The second-order valence-electron chi connectivity index (χ2n) is 6.78. The summed E-state index contributed by atoms with van der Waals surface area (Å²) in [6.45, 7) is 0. The van der Waals surface area contributed by atoms with Gasteiger partial charge in [0.2, 0.25) is 11.6 Å². The van der Waals surface area contributed by atoms with E-state index in [1.54, 1.807) is 56.3 Å². The molecule has 32 heavy (non-hydrogen) atoms. The molecule has 1 aromatic heterocycles. The molecular weight excluding hydrogens is 408 g/mol. The topological polar surface area (TPSA) is 71.8 Å². The number of rotatable bonds is 7. The number of para-hydroxylation sites is 1. The molecule has 0 bridgehead atoms. The molecule has 7 heteroatoms. The predicted molar refractivity (Wildman–Crippen MR) is 120 cm³/mol. The first-order chi connectivity index (χ1) is 15.6. The van der Waals surface area contributed by atoms with Gasteiger partial charge in [-0.25, -0.2) is 9.48 Å². The highest BCUT2D eigenvalue weighted by molar-refractivity contribution is 5.91. The summed E-state index contributed by atoms with van der Waals surface area (Å²) in [6.07, 6.45) is 0. The molecular formula is C25H22N2O5. The standard InChI is InChI=1S/C25H22N2O5/c1-29-21-14-18(15-22(30-2)24(21)31-3)20-16-23(26-27(20)19-12-8-5-9-13-19)32-25(28)17-10-6-4-7-11-17/h4-16H,1-3H3. The normalized spacial score (nSPS) is 10.5. The molecule has 0 fully saturated rings. The molecule has 0 radical (unpaired) electrons. The Morgan fingerprint density at radius 1 is 0.781 bits per heavy atom. The van der Waals surface area contributed by atoms with Crippen molar-refractivity contribution in [3.8, 4) is 40.1 Å². The van der Waals surface area contributed by atoms with Crippen LogP contribution < -0.4 is 18.9 Å². The van der Waals surface area contributed by atoms with Crippen molar-refractivity contribution in [1.82, 2.24) is 9.78 Å². The van der Waals surface area contributed by atoms with Gasteiger partial charge in [-0.1, -0.05) is 36.4 Å². The molecule has 0 atom stereocenters. The van der Waals surface area contributed by atoms with Crippen LogP contribution in [0.15, 0.2) is 78.9 Å². The molecule has 7 nitrogen and oxygen atoms in total. The van der Waals surface area contributed by atoms with E-state index in [4.69, 9.17) is 18.9 Å². The van der Waals surface area contributed by atoms with Gasteiger partial charge in [0.25, 0.3) is 0 Å². The van der Waals surface area contributed by atoms with Crippen LogP contribution in [-0.4, -0.2) is 37.1 Å². The van der Waals surface area contributed by atoms with Gasteiger partial charge in [-0.05, 0) is 36.4 Å². The fraction of sp³-hybridized carbons (Fsp3) is 0.120. The highest BCUT2D eigenvalue weighted by Crippen LogP contribution is 2.42. The third-order valence-corrected chi connectivity index (χ3v) is 4.85. The molecule has 0 N–H and O–H groups in total. The number of methoxy groups -OCH3 is 3. The van der Waals surface area contributed by atoms with Crippen molar-refractivity contribution in [2.24, 2.45) is 0 Å². The van der Waals surface area contributed by atoms with E-state index < -0.39 is 5.97 Å². The average Bonchev–Trinajstić information content (AvgIpc) is 3.27. The molecule has 0 aliphatic rings. The molecule has 0 saturated carbocycles. The summed E-state index contributed by atoms with van der Waals surface area (Å²) >= 11 is 0. The lowest BCUT2D eigenvalue weighted by atomic mass is 10.1. The van der Waals surface area contributed by atoms with E-state index in [0.717, 1.165) is 11.3 Å². The molecule has 3 aromatic carbocycles. The first-order valence-electron chi connectivity index (χ1n) is 9.87. The zero-order valence-corrected chi connectivity index (χ0v) is 17.9. The Balaban J connectivity index is 1.82. The van der Waals surface area contributed by atoms with Gasteiger partial charge in [-0.15, -0.1) is 5.10 Å². The number of esters is 1. The van der Waals surface area contributed by atoms with Crippen LogP contribution in [0.3, 0.4) is 0 Å². The van der Waals surface area contributed by atoms with E-state index in [1.807, 2.05) is 48.5 Å². The van der Waals surface area contributed by atoms with Gasteiger partial charge in [0.15, 0.2) is 11.5 Å². The average molecular weight is 430 g/mol. The Labute approximate surface area is 185 Å². The molecule has 0 saturated heterocycles. The predicted octanol–water partition coefficient (Wildman–Crippen LogP) is 4.78. The van der Waals surface area contributed by atoms with Crippen molar-refractivity contribution in [1.29, 1.82) is 0 Å². The van der Waals surface area contributed by atoms with Crippen molar-refractivity contribution in [3.63, 3.8) is 0 Å². The Bertz CT molecular complexity index is 1190. The number of hydrogen-bond acceptors (Lipinski definition) is 6. The number of nitrogens with zero attached hydrogens (tertiary/aromatic N) is 2. The zero-order chi connectivity index (χ0) is 22.5. The Morgan fingerprint density at radius 2 is 1.38 bits per heavy atom. The van der Waals surface area contributed by atoms with Crippen LogP contribution >= 0.6 is 0 Å². The quantitative estimate of drug-likeness (QED) is 0.393. The van der Waals surface area contributed by atoms with Gasteiger partial charge in [0.05, 0.1) is 38.3 Å². The highest BCUT2D eigenvalue weighted by Gasteiger charge is 2.20. The third-order valence-electron chi connectivity index (χ3n) is 4.85. The fourth-order valence-electron chi connectivity index (χ4n) is 3.34.